The van der Waals surface area contributed by atoms with Crippen molar-refractivity contribution in [2.24, 2.45) is 0 Å². The highest BCUT2D eigenvalue weighted by molar-refractivity contribution is 7.09. The molecule has 3 heterocycles. The number of rotatable bonds is 8. The number of para-hydroxylation sites is 1. The molecule has 172 valence electrons. The zero-order valence-corrected chi connectivity index (χ0v) is 20.0. The van der Waals surface area contributed by atoms with Crippen molar-refractivity contribution in [3.63, 3.8) is 0 Å². The zero-order chi connectivity index (χ0) is 23.8. The number of ketones is 1. The maximum atomic E-state index is 13.2. The molecular formula is C25H27N3O4S. The number of nitrogens with zero attached hydrogens (tertiary/aromatic N) is 2. The summed E-state index contributed by atoms with van der Waals surface area (Å²) < 4.78 is 7.46. The molecule has 1 aromatic carbocycles. The third kappa shape index (κ3) is 4.30. The van der Waals surface area contributed by atoms with Gasteiger partial charge in [-0.2, -0.15) is 0 Å². The smallest absolute Gasteiger partial charge is 0.325 e. The monoisotopic (exact) mass is 465 g/mol. The van der Waals surface area contributed by atoms with Crippen molar-refractivity contribution < 1.29 is 19.1 Å². The van der Waals surface area contributed by atoms with Gasteiger partial charge in [0.25, 0.3) is 5.91 Å². The van der Waals surface area contributed by atoms with E-state index in [1.54, 1.807) is 25.4 Å². The van der Waals surface area contributed by atoms with Crippen LogP contribution in [0.1, 0.15) is 39.1 Å². The maximum Gasteiger partial charge on any atom is 0.325 e. The number of aryl methyl sites for hydroxylation is 1. The van der Waals surface area contributed by atoms with Crippen LogP contribution in [0.25, 0.3) is 0 Å². The van der Waals surface area contributed by atoms with Crippen LogP contribution in [0.15, 0.2) is 47.8 Å². The van der Waals surface area contributed by atoms with E-state index in [1.807, 2.05) is 55.6 Å². The number of nitrogens with one attached hydrogen (secondary N) is 1. The van der Waals surface area contributed by atoms with Crippen molar-refractivity contribution in [2.45, 2.75) is 39.3 Å². The predicted molar refractivity (Wildman–Crippen MR) is 127 cm³/mol. The van der Waals surface area contributed by atoms with Gasteiger partial charge in [0.05, 0.1) is 20.2 Å². The summed E-state index contributed by atoms with van der Waals surface area (Å²) in [5.74, 6) is -0.0294. The van der Waals surface area contributed by atoms with E-state index in [0.29, 0.717) is 17.9 Å². The van der Waals surface area contributed by atoms with E-state index >= 15 is 0 Å². The lowest BCUT2D eigenvalue weighted by Crippen LogP contribution is -2.46. The lowest BCUT2D eigenvalue weighted by Gasteiger charge is -2.22. The molecule has 0 radical (unpaired) electrons. The molecule has 8 heteroatoms. The lowest BCUT2D eigenvalue weighted by molar-refractivity contribution is -0.130. The van der Waals surface area contributed by atoms with Crippen molar-refractivity contribution in [3.05, 3.63) is 75.2 Å². The van der Waals surface area contributed by atoms with Crippen molar-refractivity contribution in [3.8, 4) is 5.75 Å². The fourth-order valence-corrected chi connectivity index (χ4v) is 5.05. The second kappa shape index (κ2) is 8.86. The van der Waals surface area contributed by atoms with Crippen molar-refractivity contribution in [1.29, 1.82) is 0 Å². The average molecular weight is 466 g/mol. The van der Waals surface area contributed by atoms with E-state index in [4.69, 9.17) is 4.74 Å². The molecule has 0 saturated carbocycles. The Balaban J connectivity index is 1.52. The first-order chi connectivity index (χ1) is 15.7. The van der Waals surface area contributed by atoms with Gasteiger partial charge in [-0.05, 0) is 49.9 Å². The normalized spacial score (nSPS) is 18.0. The molecule has 1 aliphatic rings. The van der Waals surface area contributed by atoms with Crippen molar-refractivity contribution in [2.75, 3.05) is 13.7 Å². The van der Waals surface area contributed by atoms with Gasteiger partial charge in [0.2, 0.25) is 0 Å². The minimum absolute atomic E-state index is 0.259. The number of carbonyl (C=O) groups excluding carboxylic acids is 3. The van der Waals surface area contributed by atoms with Gasteiger partial charge in [0, 0.05) is 28.2 Å². The van der Waals surface area contributed by atoms with E-state index in [9.17, 15) is 14.4 Å². The van der Waals surface area contributed by atoms with E-state index in [-0.39, 0.29) is 18.7 Å². The third-order valence-corrected chi connectivity index (χ3v) is 7.01. The summed E-state index contributed by atoms with van der Waals surface area (Å²) in [5.41, 5.74) is 1.98. The van der Waals surface area contributed by atoms with Gasteiger partial charge < -0.3 is 14.6 Å². The van der Waals surface area contributed by atoms with Crippen LogP contribution in [0.4, 0.5) is 4.79 Å². The minimum atomic E-state index is -1.15. The van der Waals surface area contributed by atoms with Gasteiger partial charge in [-0.3, -0.25) is 14.5 Å². The largest absolute Gasteiger partial charge is 0.496 e. The van der Waals surface area contributed by atoms with Crippen LogP contribution in [0.5, 0.6) is 5.75 Å². The van der Waals surface area contributed by atoms with Crippen LogP contribution < -0.4 is 10.1 Å². The first-order valence-electron chi connectivity index (χ1n) is 10.7. The average Bonchev–Trinajstić information content (AvgIpc) is 3.45. The van der Waals surface area contributed by atoms with Gasteiger partial charge in [-0.25, -0.2) is 4.79 Å². The van der Waals surface area contributed by atoms with Crippen molar-refractivity contribution in [1.82, 2.24) is 14.8 Å². The van der Waals surface area contributed by atoms with E-state index in [0.717, 1.165) is 21.9 Å². The molecule has 1 atom stereocenters. The summed E-state index contributed by atoms with van der Waals surface area (Å²) in [4.78, 5) is 41.3. The van der Waals surface area contributed by atoms with Crippen LogP contribution >= 0.6 is 11.3 Å². The molecule has 7 nitrogen and oxygen atoms in total. The highest BCUT2D eigenvalue weighted by Gasteiger charge is 2.48. The number of thiophene rings is 1. The molecule has 1 saturated heterocycles. The summed E-state index contributed by atoms with van der Waals surface area (Å²) in [7, 11) is 1.57. The van der Waals surface area contributed by atoms with E-state index in [1.165, 1.54) is 4.88 Å². The SMILES string of the molecule is COc1ccccc1C[C@]1(C)NC(=O)N(CC(=O)c2cc(C)n(Cc3cccs3)c2C)C1=O. The van der Waals surface area contributed by atoms with Crippen LogP contribution in [0.2, 0.25) is 0 Å². The Labute approximate surface area is 197 Å². The minimum Gasteiger partial charge on any atom is -0.496 e. The van der Waals surface area contributed by atoms with Gasteiger partial charge >= 0.3 is 6.03 Å². The molecule has 0 aliphatic carbocycles. The number of carbonyl (C=O) groups is 3. The summed E-state index contributed by atoms with van der Waals surface area (Å²) in [6, 6.07) is 12.7. The molecule has 3 amide bonds. The molecule has 1 aliphatic heterocycles. The Kier molecular flexibility index (Phi) is 6.12. The molecule has 4 rings (SSSR count). The Morgan fingerprint density at radius 3 is 2.61 bits per heavy atom. The number of benzene rings is 1. The van der Waals surface area contributed by atoms with Gasteiger partial charge in [0.1, 0.15) is 11.3 Å². The Morgan fingerprint density at radius 1 is 1.15 bits per heavy atom. The highest BCUT2D eigenvalue weighted by atomic mass is 32.1. The van der Waals surface area contributed by atoms with Crippen LogP contribution in [-0.2, 0) is 17.8 Å². The Hall–Kier alpha value is -3.39. The summed E-state index contributed by atoms with van der Waals surface area (Å²) in [5, 5.41) is 4.80. The van der Waals surface area contributed by atoms with Gasteiger partial charge in [-0.1, -0.05) is 24.3 Å². The summed E-state index contributed by atoms with van der Waals surface area (Å²) in [6.45, 7) is 5.91. The molecule has 1 N–H and O–H groups in total. The van der Waals surface area contributed by atoms with E-state index in [2.05, 4.69) is 16.0 Å². The first-order valence-corrected chi connectivity index (χ1v) is 11.6. The van der Waals surface area contributed by atoms with Crippen LogP contribution in [0, 0.1) is 13.8 Å². The molecular weight excluding hydrogens is 438 g/mol. The van der Waals surface area contributed by atoms with Gasteiger partial charge in [0.15, 0.2) is 5.78 Å². The number of hydrogen-bond donors (Lipinski definition) is 1. The number of imide groups is 1. The topological polar surface area (TPSA) is 80.6 Å². The van der Waals surface area contributed by atoms with Crippen molar-refractivity contribution >= 4 is 29.1 Å². The van der Waals surface area contributed by atoms with Gasteiger partial charge in [-0.15, -0.1) is 11.3 Å². The molecule has 0 spiro atoms. The molecule has 0 bridgehead atoms. The molecule has 2 aromatic heterocycles. The molecule has 1 fully saturated rings. The molecule has 3 aromatic rings. The second-order valence-corrected chi connectivity index (χ2v) is 9.55. The fraction of sp³-hybridized carbons (Fsp3) is 0.320. The highest BCUT2D eigenvalue weighted by Crippen LogP contribution is 2.28. The summed E-state index contributed by atoms with van der Waals surface area (Å²) >= 11 is 1.66. The summed E-state index contributed by atoms with van der Waals surface area (Å²) in [6.07, 6.45) is 0.265. The number of ether oxygens (including phenoxy) is 1. The number of aromatic nitrogens is 1. The zero-order valence-electron chi connectivity index (χ0n) is 19.2. The van der Waals surface area contributed by atoms with E-state index < -0.39 is 17.5 Å². The number of Topliss-reactive ketones (excluding diaryl/α,β-unsaturated/α-hetero) is 1. The van der Waals surface area contributed by atoms with Crippen LogP contribution in [0.3, 0.4) is 0 Å². The fourth-order valence-electron chi connectivity index (χ4n) is 4.35. The number of amides is 3. The number of hydrogen-bond acceptors (Lipinski definition) is 5. The maximum absolute atomic E-state index is 13.2. The quantitative estimate of drug-likeness (QED) is 0.403. The molecule has 0 unspecified atom stereocenters. The molecule has 33 heavy (non-hydrogen) atoms. The Morgan fingerprint density at radius 2 is 1.91 bits per heavy atom. The van der Waals surface area contributed by atoms with Crippen LogP contribution in [-0.4, -0.2) is 46.4 Å². The standard InChI is InChI=1S/C25H27N3O4S/c1-16-12-20(17(2)27(16)14-19-9-7-11-33-19)21(29)15-28-23(30)25(3,26-24(28)31)13-18-8-5-6-10-22(18)32-4/h5-12H,13-15H2,1-4H3,(H,26,31)/t25-/m0/s1. The lowest BCUT2D eigenvalue weighted by atomic mass is 9.92. The predicted octanol–water partition coefficient (Wildman–Crippen LogP) is 3.96. The Bertz CT molecular complexity index is 1210. The number of urea groups is 1. The second-order valence-electron chi connectivity index (χ2n) is 8.52. The first kappa shape index (κ1) is 22.8. The number of methoxy groups -OCH3 is 1. The third-order valence-electron chi connectivity index (χ3n) is 6.15.